The summed E-state index contributed by atoms with van der Waals surface area (Å²) in [5.74, 6) is 3.25. The molecule has 0 bridgehead atoms. The van der Waals surface area contributed by atoms with Crippen LogP contribution in [0.1, 0.15) is 29.4 Å². The van der Waals surface area contributed by atoms with Gasteiger partial charge in [0.1, 0.15) is 0 Å². The maximum absolute atomic E-state index is 10.6. The maximum atomic E-state index is 10.6. The van der Waals surface area contributed by atoms with Gasteiger partial charge in [0.15, 0.2) is 0 Å². The van der Waals surface area contributed by atoms with Crippen LogP contribution >= 0.6 is 0 Å². The first-order valence-corrected chi connectivity index (χ1v) is 5.05. The summed E-state index contributed by atoms with van der Waals surface area (Å²) in [6.45, 7) is 0. The number of fused-ring (bicyclic) bond motifs is 4. The first kappa shape index (κ1) is 6.98. The summed E-state index contributed by atoms with van der Waals surface area (Å²) in [7, 11) is 0. The summed E-state index contributed by atoms with van der Waals surface area (Å²) in [6.07, 6.45) is 1.28. The van der Waals surface area contributed by atoms with Gasteiger partial charge < -0.3 is 0 Å². The van der Waals surface area contributed by atoms with Gasteiger partial charge in [0.2, 0.25) is 0 Å². The van der Waals surface area contributed by atoms with Gasteiger partial charge in [-0.1, -0.05) is 6.07 Å². The van der Waals surface area contributed by atoms with E-state index in [1.807, 2.05) is 6.07 Å². The fourth-order valence-electron chi connectivity index (χ4n) is 3.58. The molecule has 3 nitrogen and oxygen atoms in total. The van der Waals surface area contributed by atoms with Crippen molar-refractivity contribution in [2.24, 2.45) is 11.8 Å². The molecule has 0 saturated heterocycles. The van der Waals surface area contributed by atoms with Crippen molar-refractivity contribution in [3.63, 3.8) is 0 Å². The number of hydrogen-bond acceptors (Lipinski definition) is 2. The van der Waals surface area contributed by atoms with Gasteiger partial charge in [-0.15, -0.1) is 0 Å². The van der Waals surface area contributed by atoms with E-state index in [1.165, 1.54) is 17.5 Å². The van der Waals surface area contributed by atoms with Gasteiger partial charge in [-0.2, -0.15) is 0 Å². The van der Waals surface area contributed by atoms with E-state index in [0.717, 1.165) is 17.8 Å². The number of nitro benzene ring substituents is 1. The molecular formula is C11H9NO2. The van der Waals surface area contributed by atoms with E-state index in [9.17, 15) is 10.1 Å². The molecule has 1 aromatic rings. The van der Waals surface area contributed by atoms with Crippen LogP contribution in [0.3, 0.4) is 0 Å². The normalized spacial score (nSPS) is 39.7. The van der Waals surface area contributed by atoms with Gasteiger partial charge in [0.05, 0.1) is 4.92 Å². The zero-order valence-electron chi connectivity index (χ0n) is 7.51. The minimum absolute atomic E-state index is 0.258. The zero-order chi connectivity index (χ0) is 9.45. The number of benzene rings is 1. The SMILES string of the molecule is O=[N+]([O-])c1ccc2c(c1)C1CC3C2C13. The Labute approximate surface area is 80.9 Å². The maximum Gasteiger partial charge on any atom is 0.269 e. The van der Waals surface area contributed by atoms with Crippen LogP contribution in [0.2, 0.25) is 0 Å². The fourth-order valence-corrected chi connectivity index (χ4v) is 3.58. The van der Waals surface area contributed by atoms with Gasteiger partial charge >= 0.3 is 0 Å². The Morgan fingerprint density at radius 2 is 2.21 bits per heavy atom. The molecule has 3 heteroatoms. The molecule has 3 aliphatic carbocycles. The molecule has 2 saturated carbocycles. The summed E-state index contributed by atoms with van der Waals surface area (Å²) in [4.78, 5) is 10.3. The Kier molecular flexibility index (Phi) is 0.923. The van der Waals surface area contributed by atoms with Crippen molar-refractivity contribution in [1.29, 1.82) is 0 Å². The standard InChI is InChI=1S/C11H9NO2/c13-12(14)5-1-2-6-7(3-5)8-4-9-10(6)11(8)9/h1-3,8-11H,4H2. The lowest BCUT2D eigenvalue weighted by Crippen LogP contribution is -2.14. The first-order valence-electron chi connectivity index (χ1n) is 5.05. The predicted octanol–water partition coefficient (Wildman–Crippen LogP) is 2.43. The second-order valence-electron chi connectivity index (χ2n) is 4.68. The molecule has 4 rings (SSSR count). The topological polar surface area (TPSA) is 43.1 Å². The van der Waals surface area contributed by atoms with Crippen LogP contribution in [-0.4, -0.2) is 4.92 Å². The summed E-state index contributed by atoms with van der Waals surface area (Å²) < 4.78 is 0. The van der Waals surface area contributed by atoms with Crippen molar-refractivity contribution >= 4 is 5.69 Å². The molecule has 0 radical (unpaired) electrons. The Bertz CT molecular complexity index is 468. The van der Waals surface area contributed by atoms with Crippen molar-refractivity contribution in [2.75, 3.05) is 0 Å². The highest BCUT2D eigenvalue weighted by atomic mass is 16.6. The Balaban J connectivity index is 1.90. The molecule has 0 aromatic heterocycles. The molecule has 70 valence electrons. The lowest BCUT2D eigenvalue weighted by atomic mass is 9.78. The molecule has 3 aliphatic rings. The van der Waals surface area contributed by atoms with Crippen LogP contribution in [-0.2, 0) is 0 Å². The molecule has 4 atom stereocenters. The third kappa shape index (κ3) is 0.567. The van der Waals surface area contributed by atoms with Crippen molar-refractivity contribution in [2.45, 2.75) is 18.3 Å². The van der Waals surface area contributed by atoms with E-state index < -0.39 is 0 Å². The van der Waals surface area contributed by atoms with Crippen molar-refractivity contribution in [1.82, 2.24) is 0 Å². The minimum Gasteiger partial charge on any atom is -0.258 e. The number of non-ortho nitro benzene ring substituents is 1. The molecule has 2 fully saturated rings. The minimum atomic E-state index is -0.291. The molecule has 0 aliphatic heterocycles. The Morgan fingerprint density at radius 1 is 1.36 bits per heavy atom. The molecule has 0 spiro atoms. The Morgan fingerprint density at radius 3 is 3.00 bits per heavy atom. The number of hydrogen-bond donors (Lipinski definition) is 0. The van der Waals surface area contributed by atoms with Crippen molar-refractivity contribution < 1.29 is 4.92 Å². The quantitative estimate of drug-likeness (QED) is 0.500. The van der Waals surface area contributed by atoms with E-state index in [0.29, 0.717) is 5.92 Å². The molecular weight excluding hydrogens is 178 g/mol. The van der Waals surface area contributed by atoms with Crippen molar-refractivity contribution in [3.8, 4) is 0 Å². The van der Waals surface area contributed by atoms with E-state index >= 15 is 0 Å². The summed E-state index contributed by atoms with van der Waals surface area (Å²) in [5, 5.41) is 10.6. The van der Waals surface area contributed by atoms with Crippen LogP contribution in [0.5, 0.6) is 0 Å². The smallest absolute Gasteiger partial charge is 0.258 e. The molecule has 1 aromatic carbocycles. The Hall–Kier alpha value is -1.38. The van der Waals surface area contributed by atoms with Gasteiger partial charge in [-0.3, -0.25) is 10.1 Å². The van der Waals surface area contributed by atoms with Crippen LogP contribution in [0, 0.1) is 22.0 Å². The van der Waals surface area contributed by atoms with Crippen LogP contribution in [0.4, 0.5) is 5.69 Å². The second-order valence-corrected chi connectivity index (χ2v) is 4.68. The van der Waals surface area contributed by atoms with Gasteiger partial charge in [-0.05, 0) is 41.2 Å². The van der Waals surface area contributed by atoms with E-state index in [2.05, 4.69) is 0 Å². The third-order valence-corrected chi connectivity index (χ3v) is 4.26. The molecule has 4 unspecified atom stereocenters. The monoisotopic (exact) mass is 187 g/mol. The third-order valence-electron chi connectivity index (χ3n) is 4.26. The van der Waals surface area contributed by atoms with Gasteiger partial charge in [0, 0.05) is 12.1 Å². The lowest BCUT2D eigenvalue weighted by Gasteiger charge is -2.26. The van der Waals surface area contributed by atoms with E-state index in [4.69, 9.17) is 0 Å². The van der Waals surface area contributed by atoms with Gasteiger partial charge in [0.25, 0.3) is 5.69 Å². The average molecular weight is 187 g/mol. The van der Waals surface area contributed by atoms with E-state index in [1.54, 1.807) is 12.1 Å². The van der Waals surface area contributed by atoms with Crippen molar-refractivity contribution in [3.05, 3.63) is 39.4 Å². The van der Waals surface area contributed by atoms with Crippen LogP contribution in [0.25, 0.3) is 0 Å². The fraction of sp³-hybridized carbons (Fsp3) is 0.455. The summed E-state index contributed by atoms with van der Waals surface area (Å²) in [5.41, 5.74) is 2.94. The highest BCUT2D eigenvalue weighted by Gasteiger charge is 2.68. The van der Waals surface area contributed by atoms with E-state index in [-0.39, 0.29) is 10.6 Å². The average Bonchev–Trinajstić information content (AvgIpc) is 2.62. The number of rotatable bonds is 1. The number of nitrogens with zero attached hydrogens (tertiary/aromatic N) is 1. The van der Waals surface area contributed by atoms with Crippen LogP contribution in [0.15, 0.2) is 18.2 Å². The predicted molar refractivity (Wildman–Crippen MR) is 50.2 cm³/mol. The summed E-state index contributed by atoms with van der Waals surface area (Å²) in [6, 6.07) is 5.42. The zero-order valence-corrected chi connectivity index (χ0v) is 7.51. The number of nitro groups is 1. The largest absolute Gasteiger partial charge is 0.269 e. The van der Waals surface area contributed by atoms with Gasteiger partial charge in [-0.25, -0.2) is 0 Å². The van der Waals surface area contributed by atoms with Crippen LogP contribution < -0.4 is 0 Å². The molecule has 0 heterocycles. The molecule has 14 heavy (non-hydrogen) atoms. The highest BCUT2D eigenvalue weighted by molar-refractivity contribution is 5.55. The molecule has 0 N–H and O–H groups in total. The highest BCUT2D eigenvalue weighted by Crippen LogP contribution is 2.78. The lowest BCUT2D eigenvalue weighted by molar-refractivity contribution is -0.385. The molecule has 0 amide bonds. The second kappa shape index (κ2) is 1.85. The summed E-state index contributed by atoms with van der Waals surface area (Å²) >= 11 is 0. The first-order chi connectivity index (χ1) is 6.77.